The Balaban J connectivity index is 1.44. The summed E-state index contributed by atoms with van der Waals surface area (Å²) in [6, 6.07) is 15.4. The van der Waals surface area contributed by atoms with Crippen LogP contribution in [0.3, 0.4) is 0 Å². The van der Waals surface area contributed by atoms with Crippen LogP contribution in [0.5, 0.6) is 5.75 Å². The van der Waals surface area contributed by atoms with Gasteiger partial charge in [0.1, 0.15) is 11.8 Å². The van der Waals surface area contributed by atoms with Gasteiger partial charge in [0, 0.05) is 26.2 Å². The summed E-state index contributed by atoms with van der Waals surface area (Å²) in [4.78, 5) is 30.4. The molecule has 0 saturated carbocycles. The van der Waals surface area contributed by atoms with Crippen LogP contribution in [0.4, 0.5) is 0 Å². The summed E-state index contributed by atoms with van der Waals surface area (Å²) in [6.45, 7) is 5.22. The number of nitrogens with zero attached hydrogens (tertiary/aromatic N) is 2. The van der Waals surface area contributed by atoms with Crippen molar-refractivity contribution in [2.24, 2.45) is 5.92 Å². The monoisotopic (exact) mass is 435 g/mol. The molecule has 0 unspecified atom stereocenters. The first-order valence-corrected chi connectivity index (χ1v) is 11.6. The third-order valence-corrected chi connectivity index (χ3v) is 6.71. The lowest BCUT2D eigenvalue weighted by Crippen LogP contribution is -2.50. The number of benzene rings is 2. The van der Waals surface area contributed by atoms with Crippen molar-refractivity contribution in [3.63, 3.8) is 0 Å². The Morgan fingerprint density at radius 1 is 1.03 bits per heavy atom. The molecule has 1 fully saturated rings. The molecule has 2 aliphatic rings. The molecule has 170 valence electrons. The number of ether oxygens (including phenoxy) is 1. The molecule has 6 nitrogen and oxygen atoms in total. The first-order valence-electron chi connectivity index (χ1n) is 11.6. The van der Waals surface area contributed by atoms with Crippen LogP contribution in [-0.4, -0.2) is 54.9 Å². The minimum Gasteiger partial charge on any atom is -0.497 e. The largest absolute Gasteiger partial charge is 0.497 e. The van der Waals surface area contributed by atoms with Crippen molar-refractivity contribution in [2.45, 2.75) is 38.8 Å². The van der Waals surface area contributed by atoms with Gasteiger partial charge in [-0.15, -0.1) is 0 Å². The van der Waals surface area contributed by atoms with E-state index < -0.39 is 0 Å². The Hall–Kier alpha value is -2.86. The van der Waals surface area contributed by atoms with Crippen molar-refractivity contribution >= 4 is 11.8 Å². The number of amides is 2. The molecule has 2 aromatic carbocycles. The van der Waals surface area contributed by atoms with Gasteiger partial charge in [0.25, 0.3) is 0 Å². The van der Waals surface area contributed by atoms with Gasteiger partial charge in [-0.3, -0.25) is 14.5 Å². The number of carbonyl (C=O) groups excluding carboxylic acids is 2. The van der Waals surface area contributed by atoms with Crippen LogP contribution in [0.25, 0.3) is 0 Å². The molecule has 1 N–H and O–H groups in total. The number of nitrogens with one attached hydrogen (secondary N) is 1. The minimum atomic E-state index is -0.389. The van der Waals surface area contributed by atoms with Gasteiger partial charge in [-0.1, -0.05) is 43.3 Å². The smallest absolute Gasteiger partial charge is 0.244 e. The second-order valence-electron chi connectivity index (χ2n) is 8.95. The van der Waals surface area contributed by atoms with Crippen LogP contribution in [-0.2, 0) is 22.6 Å². The minimum absolute atomic E-state index is 0.0646. The average Bonchev–Trinajstić information content (AvgIpc) is 2.83. The highest BCUT2D eigenvalue weighted by molar-refractivity contribution is 5.85. The molecule has 1 atom stereocenters. The van der Waals surface area contributed by atoms with Crippen LogP contribution in [0.15, 0.2) is 48.5 Å². The van der Waals surface area contributed by atoms with Crippen molar-refractivity contribution < 1.29 is 14.3 Å². The molecule has 0 aromatic heterocycles. The van der Waals surface area contributed by atoms with Gasteiger partial charge < -0.3 is 15.0 Å². The Morgan fingerprint density at radius 3 is 2.47 bits per heavy atom. The van der Waals surface area contributed by atoms with E-state index >= 15 is 0 Å². The first kappa shape index (κ1) is 22.3. The maximum absolute atomic E-state index is 13.6. The summed E-state index contributed by atoms with van der Waals surface area (Å²) in [5, 5.41) is 3.01. The molecule has 0 aliphatic carbocycles. The molecule has 6 heteroatoms. The molecule has 32 heavy (non-hydrogen) atoms. The summed E-state index contributed by atoms with van der Waals surface area (Å²) in [7, 11) is 1.63. The number of hydrogen-bond acceptors (Lipinski definition) is 4. The molecular formula is C26H33N3O3. The Morgan fingerprint density at radius 2 is 1.75 bits per heavy atom. The second-order valence-corrected chi connectivity index (χ2v) is 8.95. The van der Waals surface area contributed by atoms with Gasteiger partial charge in [-0.05, 0) is 54.0 Å². The third kappa shape index (κ3) is 5.13. The zero-order chi connectivity index (χ0) is 22.5. The second kappa shape index (κ2) is 10.2. The molecule has 2 amide bonds. The number of piperidine rings is 1. The summed E-state index contributed by atoms with van der Waals surface area (Å²) in [6.07, 6.45) is 2.94. The summed E-state index contributed by atoms with van der Waals surface area (Å²) in [5.74, 6) is 1.52. The number of likely N-dealkylation sites (tertiary alicyclic amines) is 1. The van der Waals surface area contributed by atoms with E-state index in [4.69, 9.17) is 4.74 Å². The molecule has 4 rings (SSSR count). The quantitative estimate of drug-likeness (QED) is 0.757. The molecule has 0 spiro atoms. The van der Waals surface area contributed by atoms with Gasteiger partial charge in [-0.2, -0.15) is 0 Å². The van der Waals surface area contributed by atoms with Crippen molar-refractivity contribution in [1.29, 1.82) is 0 Å². The highest BCUT2D eigenvalue weighted by Gasteiger charge is 2.37. The Bertz CT molecular complexity index is 936. The maximum atomic E-state index is 13.6. The van der Waals surface area contributed by atoms with Gasteiger partial charge >= 0.3 is 0 Å². The third-order valence-electron chi connectivity index (χ3n) is 6.71. The fourth-order valence-electron chi connectivity index (χ4n) is 4.66. The fourth-order valence-corrected chi connectivity index (χ4v) is 4.66. The van der Waals surface area contributed by atoms with Crippen LogP contribution in [0, 0.1) is 5.92 Å². The van der Waals surface area contributed by atoms with E-state index in [1.165, 1.54) is 5.56 Å². The number of fused-ring (bicyclic) bond motifs is 1. The predicted molar refractivity (Wildman–Crippen MR) is 124 cm³/mol. The van der Waals surface area contributed by atoms with E-state index in [1.807, 2.05) is 52.3 Å². The van der Waals surface area contributed by atoms with Crippen LogP contribution in [0.2, 0.25) is 0 Å². The van der Waals surface area contributed by atoms with Gasteiger partial charge in [0.05, 0.1) is 13.7 Å². The summed E-state index contributed by atoms with van der Waals surface area (Å²) in [5.41, 5.74) is 3.27. The van der Waals surface area contributed by atoms with Crippen molar-refractivity contribution in [1.82, 2.24) is 15.1 Å². The molecule has 0 radical (unpaired) electrons. The predicted octanol–water partition coefficient (Wildman–Crippen LogP) is 3.17. The lowest BCUT2D eigenvalue weighted by molar-refractivity contribution is -0.140. The van der Waals surface area contributed by atoms with Crippen LogP contribution in [0.1, 0.15) is 42.5 Å². The molecule has 2 heterocycles. The Kier molecular flexibility index (Phi) is 7.10. The van der Waals surface area contributed by atoms with E-state index in [0.717, 1.165) is 49.2 Å². The molecule has 2 aliphatic heterocycles. The standard InChI is InChI=1S/C26H33N3O3/c1-19-11-14-28(15-12-19)26(31)25-23-6-4-3-5-21(23)13-16-29(25)18-24(30)27-17-20-7-9-22(32-2)10-8-20/h3-10,19,25H,11-18H2,1-2H3,(H,27,30)/t25-/m0/s1. The van der Waals surface area contributed by atoms with Crippen molar-refractivity contribution in [2.75, 3.05) is 33.3 Å². The lowest BCUT2D eigenvalue weighted by atomic mass is 9.90. The highest BCUT2D eigenvalue weighted by atomic mass is 16.5. The van der Waals surface area contributed by atoms with Gasteiger partial charge in [0.15, 0.2) is 0 Å². The van der Waals surface area contributed by atoms with Gasteiger partial charge in [0.2, 0.25) is 11.8 Å². The topological polar surface area (TPSA) is 61.9 Å². The lowest BCUT2D eigenvalue weighted by Gasteiger charge is -2.40. The molecule has 0 bridgehead atoms. The number of hydrogen-bond donors (Lipinski definition) is 1. The Labute approximate surface area is 190 Å². The van der Waals surface area contributed by atoms with Gasteiger partial charge in [-0.25, -0.2) is 0 Å². The molecular weight excluding hydrogens is 402 g/mol. The van der Waals surface area contributed by atoms with E-state index in [0.29, 0.717) is 19.0 Å². The zero-order valence-corrected chi connectivity index (χ0v) is 19.0. The van der Waals surface area contributed by atoms with E-state index in [9.17, 15) is 9.59 Å². The van der Waals surface area contributed by atoms with Crippen LogP contribution < -0.4 is 10.1 Å². The SMILES string of the molecule is COc1ccc(CNC(=O)CN2CCc3ccccc3[C@H]2C(=O)N2CCC(C)CC2)cc1. The fraction of sp³-hybridized carbons (Fsp3) is 0.462. The maximum Gasteiger partial charge on any atom is 0.244 e. The summed E-state index contributed by atoms with van der Waals surface area (Å²) >= 11 is 0. The first-order chi connectivity index (χ1) is 15.5. The van der Waals surface area contributed by atoms with Crippen LogP contribution >= 0.6 is 0 Å². The van der Waals surface area contributed by atoms with Crippen molar-refractivity contribution in [3.05, 3.63) is 65.2 Å². The molecule has 1 saturated heterocycles. The number of rotatable bonds is 6. The normalized spacial score (nSPS) is 19.3. The number of carbonyl (C=O) groups is 2. The highest BCUT2D eigenvalue weighted by Crippen LogP contribution is 2.32. The van der Waals surface area contributed by atoms with E-state index in [2.05, 4.69) is 18.3 Å². The average molecular weight is 436 g/mol. The van der Waals surface area contributed by atoms with E-state index in [-0.39, 0.29) is 24.4 Å². The number of methoxy groups -OCH3 is 1. The molecule has 2 aromatic rings. The summed E-state index contributed by atoms with van der Waals surface area (Å²) < 4.78 is 5.18. The van der Waals surface area contributed by atoms with E-state index in [1.54, 1.807) is 7.11 Å². The zero-order valence-electron chi connectivity index (χ0n) is 19.0. The van der Waals surface area contributed by atoms with Crippen molar-refractivity contribution in [3.8, 4) is 5.75 Å².